The summed E-state index contributed by atoms with van der Waals surface area (Å²) >= 11 is 0. The van der Waals surface area contributed by atoms with Gasteiger partial charge in [-0.3, -0.25) is 0 Å². The lowest BCUT2D eigenvalue weighted by Crippen LogP contribution is -1.94. The maximum atomic E-state index is 13.4. The highest BCUT2D eigenvalue weighted by Crippen LogP contribution is 2.16. The van der Waals surface area contributed by atoms with Crippen molar-refractivity contribution in [2.24, 2.45) is 0 Å². The zero-order valence-electron chi connectivity index (χ0n) is 10.3. The average molecular weight is 221 g/mol. The van der Waals surface area contributed by atoms with E-state index >= 15 is 0 Å². The predicted octanol–water partition coefficient (Wildman–Crippen LogP) is 4.91. The van der Waals surface area contributed by atoms with Crippen LogP contribution in [0.5, 0.6) is 0 Å². The number of benzene rings is 1. The molecule has 0 aliphatic heterocycles. The van der Waals surface area contributed by atoms with Crippen molar-refractivity contribution in [3.05, 3.63) is 42.1 Å². The predicted molar refractivity (Wildman–Crippen MR) is 67.9 cm³/mol. The van der Waals surface area contributed by atoms with Crippen LogP contribution in [0.3, 0.4) is 0 Å². The van der Waals surface area contributed by atoms with Crippen molar-refractivity contribution in [3.8, 4) is 0 Å². The van der Waals surface area contributed by atoms with Crippen molar-refractivity contribution < 1.29 is 4.39 Å². The van der Waals surface area contributed by atoms with Crippen LogP contribution < -0.4 is 0 Å². The highest BCUT2D eigenvalue weighted by Gasteiger charge is 2.04. The van der Waals surface area contributed by atoms with Gasteiger partial charge >= 0.3 is 0 Å². The molecule has 1 radical (unpaired) electrons. The molecule has 1 aromatic carbocycles. The monoisotopic (exact) mass is 221 g/mol. The highest BCUT2D eigenvalue weighted by molar-refractivity contribution is 5.30. The van der Waals surface area contributed by atoms with Crippen molar-refractivity contribution in [3.63, 3.8) is 0 Å². The fourth-order valence-electron chi connectivity index (χ4n) is 1.97. The van der Waals surface area contributed by atoms with E-state index in [-0.39, 0.29) is 5.82 Å². The molecular formula is C15H22F. The Kier molecular flexibility index (Phi) is 6.14. The van der Waals surface area contributed by atoms with E-state index in [4.69, 9.17) is 0 Å². The first-order valence-corrected chi connectivity index (χ1v) is 6.35. The molecule has 0 N–H and O–H groups in total. The molecule has 0 fully saturated rings. The Hall–Kier alpha value is -0.850. The molecule has 0 bridgehead atoms. The Morgan fingerprint density at radius 3 is 2.44 bits per heavy atom. The molecule has 0 aliphatic carbocycles. The van der Waals surface area contributed by atoms with E-state index in [2.05, 4.69) is 13.8 Å². The van der Waals surface area contributed by atoms with Gasteiger partial charge in [-0.1, -0.05) is 51.2 Å². The molecule has 0 aliphatic rings. The van der Waals surface area contributed by atoms with Crippen molar-refractivity contribution >= 4 is 0 Å². The lowest BCUT2D eigenvalue weighted by molar-refractivity contribution is 0.579. The molecule has 16 heavy (non-hydrogen) atoms. The Balaban J connectivity index is 2.26. The SMILES string of the molecule is [CH2]c1cccc(F)c1CCCCCCCC. The fourth-order valence-corrected chi connectivity index (χ4v) is 1.97. The summed E-state index contributed by atoms with van der Waals surface area (Å²) in [5.41, 5.74) is 1.64. The lowest BCUT2D eigenvalue weighted by atomic mass is 10.0. The van der Waals surface area contributed by atoms with Crippen LogP contribution in [-0.4, -0.2) is 0 Å². The Morgan fingerprint density at radius 2 is 1.75 bits per heavy atom. The molecule has 0 amide bonds. The summed E-state index contributed by atoms with van der Waals surface area (Å²) in [5, 5.41) is 0. The molecule has 0 saturated carbocycles. The van der Waals surface area contributed by atoms with Crippen molar-refractivity contribution in [1.29, 1.82) is 0 Å². The van der Waals surface area contributed by atoms with Crippen LogP contribution in [-0.2, 0) is 6.42 Å². The summed E-state index contributed by atoms with van der Waals surface area (Å²) in [6.45, 7) is 6.09. The van der Waals surface area contributed by atoms with Gasteiger partial charge in [0.2, 0.25) is 0 Å². The molecule has 0 aromatic heterocycles. The number of hydrogen-bond donors (Lipinski definition) is 0. The third kappa shape index (κ3) is 4.34. The second-order valence-electron chi connectivity index (χ2n) is 4.40. The topological polar surface area (TPSA) is 0 Å². The molecule has 0 unspecified atom stereocenters. The molecule has 0 saturated heterocycles. The van der Waals surface area contributed by atoms with Gasteiger partial charge in [0, 0.05) is 0 Å². The molecule has 0 heterocycles. The molecule has 0 nitrogen and oxygen atoms in total. The first-order valence-electron chi connectivity index (χ1n) is 6.35. The Labute approximate surface area is 98.9 Å². The van der Waals surface area contributed by atoms with E-state index in [1.165, 1.54) is 38.2 Å². The van der Waals surface area contributed by atoms with Gasteiger partial charge in [-0.25, -0.2) is 4.39 Å². The summed E-state index contributed by atoms with van der Waals surface area (Å²) in [4.78, 5) is 0. The highest BCUT2D eigenvalue weighted by atomic mass is 19.1. The minimum Gasteiger partial charge on any atom is -0.207 e. The van der Waals surface area contributed by atoms with Crippen molar-refractivity contribution in [2.45, 2.75) is 51.9 Å². The second kappa shape index (κ2) is 7.43. The lowest BCUT2D eigenvalue weighted by Gasteiger charge is -2.06. The fraction of sp³-hybridized carbons (Fsp3) is 0.533. The smallest absolute Gasteiger partial charge is 0.126 e. The van der Waals surface area contributed by atoms with E-state index in [1.807, 2.05) is 6.07 Å². The first kappa shape index (κ1) is 13.2. The zero-order valence-corrected chi connectivity index (χ0v) is 10.3. The minimum absolute atomic E-state index is 0.0962. The maximum Gasteiger partial charge on any atom is 0.126 e. The third-order valence-electron chi connectivity index (χ3n) is 3.00. The van der Waals surface area contributed by atoms with Gasteiger partial charge in [0.1, 0.15) is 5.82 Å². The van der Waals surface area contributed by atoms with Gasteiger partial charge in [-0.2, -0.15) is 0 Å². The summed E-state index contributed by atoms with van der Waals surface area (Å²) in [7, 11) is 0. The largest absolute Gasteiger partial charge is 0.207 e. The van der Waals surface area contributed by atoms with E-state index < -0.39 is 0 Å². The van der Waals surface area contributed by atoms with Gasteiger partial charge in [0.15, 0.2) is 0 Å². The van der Waals surface area contributed by atoms with Crippen LogP contribution in [0.1, 0.15) is 56.6 Å². The number of halogens is 1. The van der Waals surface area contributed by atoms with Crippen LogP contribution in [0.25, 0.3) is 0 Å². The molecular weight excluding hydrogens is 199 g/mol. The van der Waals surface area contributed by atoms with E-state index in [0.29, 0.717) is 0 Å². The summed E-state index contributed by atoms with van der Waals surface area (Å²) in [6, 6.07) is 5.14. The zero-order chi connectivity index (χ0) is 11.8. The standard InChI is InChI=1S/C15H22F/c1-3-4-5-6-7-8-11-14-13(2)10-9-12-15(14)16/h9-10,12H,2-8,11H2,1H3. The van der Waals surface area contributed by atoms with Crippen LogP contribution in [0.15, 0.2) is 18.2 Å². The molecule has 1 heteroatoms. The van der Waals surface area contributed by atoms with E-state index in [1.54, 1.807) is 6.07 Å². The number of rotatable bonds is 7. The summed E-state index contributed by atoms with van der Waals surface area (Å²) in [5.74, 6) is -0.0962. The molecule has 1 rings (SSSR count). The third-order valence-corrected chi connectivity index (χ3v) is 3.00. The maximum absolute atomic E-state index is 13.4. The summed E-state index contributed by atoms with van der Waals surface area (Å²) in [6.07, 6.45) is 8.29. The quantitative estimate of drug-likeness (QED) is 0.574. The molecule has 89 valence electrons. The van der Waals surface area contributed by atoms with E-state index in [9.17, 15) is 4.39 Å². The van der Waals surface area contributed by atoms with Gasteiger partial charge < -0.3 is 0 Å². The number of hydrogen-bond acceptors (Lipinski definition) is 0. The van der Waals surface area contributed by atoms with Crippen LogP contribution in [0, 0.1) is 12.7 Å². The Morgan fingerprint density at radius 1 is 1.06 bits per heavy atom. The Bertz CT molecular complexity index is 284. The van der Waals surface area contributed by atoms with Gasteiger partial charge in [0.25, 0.3) is 0 Å². The molecule has 0 spiro atoms. The number of unbranched alkanes of at least 4 members (excludes halogenated alkanes) is 5. The molecule has 0 atom stereocenters. The van der Waals surface area contributed by atoms with Gasteiger partial charge in [0.05, 0.1) is 0 Å². The van der Waals surface area contributed by atoms with Crippen LogP contribution in [0.2, 0.25) is 0 Å². The summed E-state index contributed by atoms with van der Waals surface area (Å²) < 4.78 is 13.4. The van der Waals surface area contributed by atoms with Gasteiger partial charge in [-0.15, -0.1) is 0 Å². The van der Waals surface area contributed by atoms with Crippen LogP contribution >= 0.6 is 0 Å². The van der Waals surface area contributed by atoms with Crippen molar-refractivity contribution in [1.82, 2.24) is 0 Å². The van der Waals surface area contributed by atoms with Gasteiger partial charge in [-0.05, 0) is 37.0 Å². The average Bonchev–Trinajstić information content (AvgIpc) is 2.26. The van der Waals surface area contributed by atoms with Crippen molar-refractivity contribution in [2.75, 3.05) is 0 Å². The van der Waals surface area contributed by atoms with Crippen LogP contribution in [0.4, 0.5) is 4.39 Å². The minimum atomic E-state index is -0.0962. The normalized spacial score (nSPS) is 10.7. The second-order valence-corrected chi connectivity index (χ2v) is 4.40. The van der Waals surface area contributed by atoms with E-state index in [0.717, 1.165) is 24.0 Å². The first-order chi connectivity index (χ1) is 7.75. The molecule has 1 aromatic rings.